The summed E-state index contributed by atoms with van der Waals surface area (Å²) in [7, 11) is 3.91. The van der Waals surface area contributed by atoms with E-state index >= 15 is 0 Å². The second kappa shape index (κ2) is 5.97. The maximum absolute atomic E-state index is 4.46. The first-order chi connectivity index (χ1) is 12.1. The number of benzene rings is 1. The minimum absolute atomic E-state index is 0.142. The van der Waals surface area contributed by atoms with Crippen LogP contribution in [0.5, 0.6) is 0 Å². The molecule has 126 valence electrons. The van der Waals surface area contributed by atoms with E-state index in [1.807, 2.05) is 32.4 Å². The monoisotopic (exact) mass is 334 g/mol. The maximum Gasteiger partial charge on any atom is 0.163 e. The minimum atomic E-state index is 0.142. The Morgan fingerprint density at radius 3 is 2.56 bits per heavy atom. The zero-order chi connectivity index (χ0) is 17.4. The van der Waals surface area contributed by atoms with Crippen LogP contribution in [0.25, 0.3) is 16.7 Å². The van der Waals surface area contributed by atoms with E-state index in [1.54, 1.807) is 22.0 Å². The predicted octanol–water partition coefficient (Wildman–Crippen LogP) is 2.14. The molecule has 8 heteroatoms. The SMILES string of the molecule is C[C@@H](c1ccc(-n2cncn2)cc1)N(C)c1ncnc2c1cnn2C. The molecule has 0 aliphatic carbocycles. The van der Waals surface area contributed by atoms with Gasteiger partial charge < -0.3 is 4.90 Å². The predicted molar refractivity (Wildman–Crippen MR) is 94.5 cm³/mol. The number of aromatic nitrogens is 7. The van der Waals surface area contributed by atoms with E-state index in [4.69, 9.17) is 0 Å². The van der Waals surface area contributed by atoms with Gasteiger partial charge >= 0.3 is 0 Å². The highest BCUT2D eigenvalue weighted by molar-refractivity contribution is 5.86. The summed E-state index contributed by atoms with van der Waals surface area (Å²) in [5, 5.41) is 9.38. The lowest BCUT2D eigenvalue weighted by molar-refractivity contribution is 0.729. The topological polar surface area (TPSA) is 77.6 Å². The number of aryl methyl sites for hydroxylation is 1. The van der Waals surface area contributed by atoms with Crippen molar-refractivity contribution in [1.29, 1.82) is 0 Å². The highest BCUT2D eigenvalue weighted by Gasteiger charge is 2.18. The van der Waals surface area contributed by atoms with E-state index in [2.05, 4.69) is 49.1 Å². The van der Waals surface area contributed by atoms with Crippen molar-refractivity contribution in [1.82, 2.24) is 34.5 Å². The molecule has 4 aromatic rings. The van der Waals surface area contributed by atoms with Gasteiger partial charge in [0, 0.05) is 14.1 Å². The van der Waals surface area contributed by atoms with Crippen LogP contribution < -0.4 is 4.90 Å². The average molecular weight is 334 g/mol. The molecule has 1 aromatic carbocycles. The fourth-order valence-corrected chi connectivity index (χ4v) is 2.88. The zero-order valence-electron chi connectivity index (χ0n) is 14.3. The third-order valence-corrected chi connectivity index (χ3v) is 4.48. The Morgan fingerprint density at radius 2 is 1.84 bits per heavy atom. The van der Waals surface area contributed by atoms with Crippen LogP contribution in [0, 0.1) is 0 Å². The van der Waals surface area contributed by atoms with Gasteiger partial charge in [-0.15, -0.1) is 0 Å². The van der Waals surface area contributed by atoms with E-state index in [1.165, 1.54) is 11.9 Å². The van der Waals surface area contributed by atoms with Crippen molar-refractivity contribution in [2.24, 2.45) is 7.05 Å². The number of fused-ring (bicyclic) bond motifs is 1. The quantitative estimate of drug-likeness (QED) is 0.569. The average Bonchev–Trinajstić information content (AvgIpc) is 3.31. The highest BCUT2D eigenvalue weighted by Crippen LogP contribution is 2.28. The van der Waals surface area contributed by atoms with E-state index in [0.717, 1.165) is 22.5 Å². The Labute approximate surface area is 144 Å². The van der Waals surface area contributed by atoms with Gasteiger partial charge in [-0.3, -0.25) is 4.68 Å². The molecule has 25 heavy (non-hydrogen) atoms. The molecule has 3 heterocycles. The first-order valence-electron chi connectivity index (χ1n) is 7.95. The van der Waals surface area contributed by atoms with Gasteiger partial charge in [0.25, 0.3) is 0 Å². The van der Waals surface area contributed by atoms with Crippen molar-refractivity contribution in [3.8, 4) is 5.69 Å². The number of hydrogen-bond donors (Lipinski definition) is 0. The number of hydrogen-bond acceptors (Lipinski definition) is 6. The lowest BCUT2D eigenvalue weighted by atomic mass is 10.1. The summed E-state index contributed by atoms with van der Waals surface area (Å²) >= 11 is 0. The molecular weight excluding hydrogens is 316 g/mol. The Hall–Kier alpha value is -3.29. The number of anilines is 1. The third kappa shape index (κ3) is 2.61. The second-order valence-electron chi connectivity index (χ2n) is 5.92. The molecule has 0 fully saturated rings. The molecule has 0 saturated carbocycles. The second-order valence-corrected chi connectivity index (χ2v) is 5.92. The van der Waals surface area contributed by atoms with Crippen LogP contribution in [0.15, 0.2) is 49.4 Å². The van der Waals surface area contributed by atoms with Gasteiger partial charge in [0.1, 0.15) is 24.8 Å². The van der Waals surface area contributed by atoms with Gasteiger partial charge in [0.15, 0.2) is 5.65 Å². The van der Waals surface area contributed by atoms with Gasteiger partial charge in [-0.05, 0) is 24.6 Å². The zero-order valence-corrected chi connectivity index (χ0v) is 14.3. The standard InChI is InChI=1S/C17H18N8/c1-12(13-4-6-14(7-5-13)25-11-18-9-22-25)23(2)16-15-8-21-24(3)17(15)20-10-19-16/h4-12H,1-3H3/t12-/m0/s1. The van der Waals surface area contributed by atoms with Gasteiger partial charge in [0.05, 0.1) is 23.3 Å². The maximum atomic E-state index is 4.46. The summed E-state index contributed by atoms with van der Waals surface area (Å²) in [6.07, 6.45) is 6.60. The lowest BCUT2D eigenvalue weighted by Gasteiger charge is -2.26. The summed E-state index contributed by atoms with van der Waals surface area (Å²) in [4.78, 5) is 14.9. The molecule has 1 atom stereocenters. The molecule has 4 rings (SSSR count). The molecule has 0 aliphatic heterocycles. The molecule has 0 unspecified atom stereocenters. The van der Waals surface area contributed by atoms with Crippen molar-refractivity contribution < 1.29 is 0 Å². The molecular formula is C17H18N8. The Bertz CT molecular complexity index is 987. The van der Waals surface area contributed by atoms with Gasteiger partial charge in [0.2, 0.25) is 0 Å². The molecule has 0 amide bonds. The van der Waals surface area contributed by atoms with E-state index in [9.17, 15) is 0 Å². The fraction of sp³-hybridized carbons (Fsp3) is 0.235. The molecule has 0 aliphatic rings. The Balaban J connectivity index is 1.64. The van der Waals surface area contributed by atoms with Crippen LogP contribution >= 0.6 is 0 Å². The van der Waals surface area contributed by atoms with Crippen molar-refractivity contribution in [2.75, 3.05) is 11.9 Å². The lowest BCUT2D eigenvalue weighted by Crippen LogP contribution is -2.23. The van der Waals surface area contributed by atoms with Crippen LogP contribution in [-0.2, 0) is 7.05 Å². The smallest absolute Gasteiger partial charge is 0.163 e. The number of rotatable bonds is 4. The normalized spacial score (nSPS) is 12.4. The van der Waals surface area contributed by atoms with Crippen molar-refractivity contribution in [3.63, 3.8) is 0 Å². The molecule has 0 saturated heterocycles. The van der Waals surface area contributed by atoms with E-state index in [0.29, 0.717) is 0 Å². The van der Waals surface area contributed by atoms with Crippen LogP contribution in [0.3, 0.4) is 0 Å². The Morgan fingerprint density at radius 1 is 1.04 bits per heavy atom. The molecule has 0 radical (unpaired) electrons. The fourth-order valence-electron chi connectivity index (χ4n) is 2.88. The molecule has 0 bridgehead atoms. The largest absolute Gasteiger partial charge is 0.352 e. The van der Waals surface area contributed by atoms with E-state index < -0.39 is 0 Å². The Kier molecular flexibility index (Phi) is 3.64. The van der Waals surface area contributed by atoms with Crippen LogP contribution in [0.4, 0.5) is 5.82 Å². The molecule has 3 aromatic heterocycles. The van der Waals surface area contributed by atoms with Crippen LogP contribution in [0.1, 0.15) is 18.5 Å². The first-order valence-corrected chi connectivity index (χ1v) is 7.95. The van der Waals surface area contributed by atoms with Crippen LogP contribution in [-0.4, -0.2) is 41.6 Å². The van der Waals surface area contributed by atoms with Gasteiger partial charge in [-0.1, -0.05) is 12.1 Å². The summed E-state index contributed by atoms with van der Waals surface area (Å²) in [6.45, 7) is 2.15. The van der Waals surface area contributed by atoms with Crippen molar-refractivity contribution in [3.05, 3.63) is 55.0 Å². The molecule has 8 nitrogen and oxygen atoms in total. The van der Waals surface area contributed by atoms with Crippen LogP contribution in [0.2, 0.25) is 0 Å². The minimum Gasteiger partial charge on any atom is -0.352 e. The summed E-state index contributed by atoms with van der Waals surface area (Å²) in [5.41, 5.74) is 2.99. The highest BCUT2D eigenvalue weighted by atomic mass is 15.3. The summed E-state index contributed by atoms with van der Waals surface area (Å²) < 4.78 is 3.49. The van der Waals surface area contributed by atoms with Crippen molar-refractivity contribution >= 4 is 16.9 Å². The van der Waals surface area contributed by atoms with Crippen molar-refractivity contribution in [2.45, 2.75) is 13.0 Å². The number of nitrogens with zero attached hydrogens (tertiary/aromatic N) is 8. The van der Waals surface area contributed by atoms with Gasteiger partial charge in [-0.2, -0.15) is 10.2 Å². The molecule has 0 N–H and O–H groups in total. The summed E-state index contributed by atoms with van der Waals surface area (Å²) in [5.74, 6) is 0.867. The van der Waals surface area contributed by atoms with E-state index in [-0.39, 0.29) is 6.04 Å². The summed E-state index contributed by atoms with van der Waals surface area (Å²) in [6, 6.07) is 8.41. The molecule has 0 spiro atoms. The first kappa shape index (κ1) is 15.3. The van der Waals surface area contributed by atoms with Gasteiger partial charge in [-0.25, -0.2) is 19.6 Å². The third-order valence-electron chi connectivity index (χ3n) is 4.48.